The van der Waals surface area contributed by atoms with Crippen LogP contribution in [0.15, 0.2) is 0 Å². The number of nitrogens with zero attached hydrogens (tertiary/aromatic N) is 3. The van der Waals surface area contributed by atoms with Crippen LogP contribution in [0.2, 0.25) is 0 Å². The van der Waals surface area contributed by atoms with Crippen LogP contribution in [-0.2, 0) is 4.74 Å². The van der Waals surface area contributed by atoms with Crippen molar-refractivity contribution >= 4 is 5.97 Å². The number of hydrogen-bond donors (Lipinski definition) is 0. The van der Waals surface area contributed by atoms with Gasteiger partial charge in [0.1, 0.15) is 5.82 Å². The SMILES string of the molecule is CCOC(=O)c1nnc(C)n1C1CCCCC1. The van der Waals surface area contributed by atoms with Crippen LogP contribution in [0.1, 0.15) is 61.5 Å². The Balaban J connectivity index is 2.25. The summed E-state index contributed by atoms with van der Waals surface area (Å²) in [4.78, 5) is 11.8. The minimum atomic E-state index is -0.362. The molecule has 94 valence electrons. The van der Waals surface area contributed by atoms with Gasteiger partial charge in [0.05, 0.1) is 6.61 Å². The van der Waals surface area contributed by atoms with Gasteiger partial charge in [0.25, 0.3) is 0 Å². The van der Waals surface area contributed by atoms with Gasteiger partial charge >= 0.3 is 5.97 Å². The van der Waals surface area contributed by atoms with Gasteiger partial charge in [-0.1, -0.05) is 19.3 Å². The third-order valence-electron chi connectivity index (χ3n) is 3.26. The minimum absolute atomic E-state index is 0.358. The van der Waals surface area contributed by atoms with Gasteiger partial charge in [0, 0.05) is 6.04 Å². The molecule has 2 rings (SSSR count). The molecule has 1 aliphatic carbocycles. The van der Waals surface area contributed by atoms with Crippen molar-refractivity contribution in [3.05, 3.63) is 11.6 Å². The molecule has 0 amide bonds. The van der Waals surface area contributed by atoms with E-state index in [2.05, 4.69) is 10.2 Å². The van der Waals surface area contributed by atoms with E-state index in [0.29, 0.717) is 18.5 Å². The summed E-state index contributed by atoms with van der Waals surface area (Å²) >= 11 is 0. The van der Waals surface area contributed by atoms with Crippen molar-refractivity contribution in [1.29, 1.82) is 0 Å². The molecule has 0 saturated heterocycles. The molecule has 1 heterocycles. The number of ether oxygens (including phenoxy) is 1. The number of carbonyl (C=O) groups is 1. The summed E-state index contributed by atoms with van der Waals surface area (Å²) in [5, 5.41) is 7.96. The van der Waals surface area contributed by atoms with Crippen LogP contribution in [0.25, 0.3) is 0 Å². The standard InChI is InChI=1S/C12H19N3O2/c1-3-17-12(16)11-14-13-9(2)15(11)10-7-5-4-6-8-10/h10H,3-8H2,1-2H3. The lowest BCUT2D eigenvalue weighted by atomic mass is 9.95. The third kappa shape index (κ3) is 2.48. The molecule has 5 nitrogen and oxygen atoms in total. The van der Waals surface area contributed by atoms with Crippen LogP contribution < -0.4 is 0 Å². The smallest absolute Gasteiger partial charge is 0.376 e. The van der Waals surface area contributed by atoms with E-state index in [1.54, 1.807) is 6.92 Å². The Morgan fingerprint density at radius 1 is 1.35 bits per heavy atom. The van der Waals surface area contributed by atoms with E-state index in [1.807, 2.05) is 11.5 Å². The highest BCUT2D eigenvalue weighted by molar-refractivity contribution is 5.85. The van der Waals surface area contributed by atoms with Crippen molar-refractivity contribution in [2.75, 3.05) is 6.61 Å². The fourth-order valence-electron chi connectivity index (χ4n) is 2.48. The molecule has 0 N–H and O–H groups in total. The zero-order chi connectivity index (χ0) is 12.3. The summed E-state index contributed by atoms with van der Waals surface area (Å²) in [5.74, 6) is 0.801. The Morgan fingerprint density at radius 3 is 2.71 bits per heavy atom. The number of aromatic nitrogens is 3. The van der Waals surface area contributed by atoms with Crippen LogP contribution in [0.3, 0.4) is 0 Å². The molecule has 0 aliphatic heterocycles. The summed E-state index contributed by atoms with van der Waals surface area (Å²) < 4.78 is 6.97. The molecule has 0 radical (unpaired) electrons. The molecule has 0 bridgehead atoms. The molecule has 5 heteroatoms. The van der Waals surface area contributed by atoms with Gasteiger partial charge in [-0.05, 0) is 26.7 Å². The summed E-state index contributed by atoms with van der Waals surface area (Å²) in [6.45, 7) is 4.06. The Bertz CT molecular complexity index is 394. The summed E-state index contributed by atoms with van der Waals surface area (Å²) in [6, 6.07) is 0.359. The molecule has 1 aromatic rings. The number of rotatable bonds is 3. The van der Waals surface area contributed by atoms with Crippen molar-refractivity contribution in [2.24, 2.45) is 0 Å². The van der Waals surface area contributed by atoms with Gasteiger partial charge in [0.15, 0.2) is 0 Å². The average molecular weight is 237 g/mol. The highest BCUT2D eigenvalue weighted by Crippen LogP contribution is 2.29. The van der Waals surface area contributed by atoms with E-state index >= 15 is 0 Å². The predicted molar refractivity (Wildman–Crippen MR) is 62.8 cm³/mol. The van der Waals surface area contributed by atoms with Crippen LogP contribution in [-0.4, -0.2) is 27.3 Å². The lowest BCUT2D eigenvalue weighted by Gasteiger charge is -2.24. The van der Waals surface area contributed by atoms with E-state index in [4.69, 9.17) is 4.74 Å². The Morgan fingerprint density at radius 2 is 2.06 bits per heavy atom. The first kappa shape index (κ1) is 12.1. The van der Waals surface area contributed by atoms with E-state index in [0.717, 1.165) is 18.7 Å². The van der Waals surface area contributed by atoms with Gasteiger partial charge in [0.2, 0.25) is 5.82 Å². The lowest BCUT2D eigenvalue weighted by Crippen LogP contribution is -2.20. The Hall–Kier alpha value is -1.39. The first-order chi connectivity index (χ1) is 8.24. The quantitative estimate of drug-likeness (QED) is 0.757. The monoisotopic (exact) mass is 237 g/mol. The van der Waals surface area contributed by atoms with Gasteiger partial charge in [-0.15, -0.1) is 10.2 Å². The van der Waals surface area contributed by atoms with Gasteiger partial charge in [-0.2, -0.15) is 0 Å². The number of carbonyl (C=O) groups excluding carboxylic acids is 1. The van der Waals surface area contributed by atoms with E-state index < -0.39 is 0 Å². The maximum Gasteiger partial charge on any atom is 0.376 e. The van der Waals surface area contributed by atoms with Crippen molar-refractivity contribution in [2.45, 2.75) is 52.0 Å². The second-order valence-corrected chi connectivity index (χ2v) is 4.45. The lowest BCUT2D eigenvalue weighted by molar-refractivity contribution is 0.0501. The number of esters is 1. The average Bonchev–Trinajstić information content (AvgIpc) is 2.73. The largest absolute Gasteiger partial charge is 0.460 e. The first-order valence-electron chi connectivity index (χ1n) is 6.32. The molecule has 17 heavy (non-hydrogen) atoms. The normalized spacial score (nSPS) is 17.1. The van der Waals surface area contributed by atoms with E-state index in [9.17, 15) is 4.79 Å². The third-order valence-corrected chi connectivity index (χ3v) is 3.26. The molecule has 1 fully saturated rings. The van der Waals surface area contributed by atoms with Crippen molar-refractivity contribution in [1.82, 2.24) is 14.8 Å². The first-order valence-corrected chi connectivity index (χ1v) is 6.32. The van der Waals surface area contributed by atoms with Gasteiger partial charge in [-0.25, -0.2) is 4.79 Å². The molecular weight excluding hydrogens is 218 g/mol. The highest BCUT2D eigenvalue weighted by atomic mass is 16.5. The van der Waals surface area contributed by atoms with Crippen LogP contribution in [0.5, 0.6) is 0 Å². The van der Waals surface area contributed by atoms with Crippen molar-refractivity contribution < 1.29 is 9.53 Å². The Labute approximate surface area is 101 Å². The minimum Gasteiger partial charge on any atom is -0.460 e. The maximum atomic E-state index is 11.8. The summed E-state index contributed by atoms with van der Waals surface area (Å²) in [5.41, 5.74) is 0. The second kappa shape index (κ2) is 5.29. The molecule has 1 aliphatic rings. The predicted octanol–water partition coefficient (Wildman–Crippen LogP) is 2.27. The summed E-state index contributed by atoms with van der Waals surface area (Å²) in [7, 11) is 0. The molecule has 1 aromatic heterocycles. The molecule has 0 spiro atoms. The maximum absolute atomic E-state index is 11.8. The van der Waals surface area contributed by atoms with E-state index in [-0.39, 0.29) is 5.97 Å². The van der Waals surface area contributed by atoms with Gasteiger partial charge < -0.3 is 9.30 Å². The van der Waals surface area contributed by atoms with Crippen LogP contribution in [0, 0.1) is 6.92 Å². The number of aryl methyl sites for hydroxylation is 1. The molecular formula is C12H19N3O2. The zero-order valence-corrected chi connectivity index (χ0v) is 10.5. The van der Waals surface area contributed by atoms with E-state index in [1.165, 1.54) is 19.3 Å². The zero-order valence-electron chi connectivity index (χ0n) is 10.5. The van der Waals surface area contributed by atoms with Crippen LogP contribution in [0.4, 0.5) is 0 Å². The Kier molecular flexibility index (Phi) is 3.76. The fourth-order valence-corrected chi connectivity index (χ4v) is 2.48. The van der Waals surface area contributed by atoms with Crippen LogP contribution >= 0.6 is 0 Å². The van der Waals surface area contributed by atoms with Crippen molar-refractivity contribution in [3.8, 4) is 0 Å². The highest BCUT2D eigenvalue weighted by Gasteiger charge is 2.25. The molecule has 1 saturated carbocycles. The summed E-state index contributed by atoms with van der Waals surface area (Å²) in [6.07, 6.45) is 5.91. The number of hydrogen-bond acceptors (Lipinski definition) is 4. The fraction of sp³-hybridized carbons (Fsp3) is 0.750. The topological polar surface area (TPSA) is 57.0 Å². The second-order valence-electron chi connectivity index (χ2n) is 4.45. The van der Waals surface area contributed by atoms with Gasteiger partial charge in [-0.3, -0.25) is 0 Å². The molecule has 0 atom stereocenters. The van der Waals surface area contributed by atoms with Crippen molar-refractivity contribution in [3.63, 3.8) is 0 Å². The molecule has 0 unspecified atom stereocenters. The molecule has 0 aromatic carbocycles.